The van der Waals surface area contributed by atoms with Crippen LogP contribution < -0.4 is 5.32 Å². The molecule has 0 aromatic heterocycles. The quantitative estimate of drug-likeness (QED) is 0.797. The first-order valence-electron chi connectivity index (χ1n) is 8.07. The van der Waals surface area contributed by atoms with E-state index in [-0.39, 0.29) is 34.3 Å². The molecule has 5 nitrogen and oxygen atoms in total. The number of carbonyl (C=O) groups is 1. The molecule has 140 valence electrons. The molecule has 0 unspecified atom stereocenters. The summed E-state index contributed by atoms with van der Waals surface area (Å²) in [6.45, 7) is 5.75. The molecule has 0 radical (unpaired) electrons. The van der Waals surface area contributed by atoms with Gasteiger partial charge < -0.3 is 5.32 Å². The Labute approximate surface area is 157 Å². The molecule has 2 aromatic rings. The maximum absolute atomic E-state index is 13.8. The monoisotopic (exact) mass is 398 g/mol. The summed E-state index contributed by atoms with van der Waals surface area (Å²) in [5.74, 6) is -1.20. The first-order chi connectivity index (χ1) is 12.2. The molecule has 1 amide bonds. The standard InChI is InChI=1S/C18H20ClFN2O3S/c1-4-22(5-2)26(24,25)17-11-13(7-8-14(17)19)18(23)21-16-10-12(3)6-9-15(16)20/h6-11H,4-5H2,1-3H3,(H,21,23). The number of amides is 1. The first kappa shape index (κ1) is 20.4. The summed E-state index contributed by atoms with van der Waals surface area (Å²) in [4.78, 5) is 12.3. The zero-order valence-corrected chi connectivity index (χ0v) is 16.3. The highest BCUT2D eigenvalue weighted by Gasteiger charge is 2.25. The van der Waals surface area contributed by atoms with Crippen LogP contribution in [-0.4, -0.2) is 31.7 Å². The lowest BCUT2D eigenvalue weighted by molar-refractivity contribution is 0.102. The van der Waals surface area contributed by atoms with E-state index in [9.17, 15) is 17.6 Å². The third kappa shape index (κ3) is 4.23. The molecule has 0 saturated heterocycles. The van der Waals surface area contributed by atoms with Crippen molar-refractivity contribution in [3.63, 3.8) is 0 Å². The Morgan fingerprint density at radius 1 is 1.15 bits per heavy atom. The number of rotatable bonds is 6. The van der Waals surface area contributed by atoms with Gasteiger partial charge in [-0.25, -0.2) is 12.8 Å². The van der Waals surface area contributed by atoms with Gasteiger partial charge >= 0.3 is 0 Å². The third-order valence-corrected chi connectivity index (χ3v) is 6.42. The van der Waals surface area contributed by atoms with E-state index in [2.05, 4.69) is 5.32 Å². The maximum Gasteiger partial charge on any atom is 0.255 e. The number of hydrogen-bond acceptors (Lipinski definition) is 3. The molecule has 0 aliphatic heterocycles. The fraction of sp³-hybridized carbons (Fsp3) is 0.278. The van der Waals surface area contributed by atoms with Gasteiger partial charge in [0.05, 0.1) is 10.7 Å². The second-order valence-corrected chi connectivity index (χ2v) is 7.99. The van der Waals surface area contributed by atoms with E-state index >= 15 is 0 Å². The van der Waals surface area contributed by atoms with Crippen molar-refractivity contribution in [2.45, 2.75) is 25.7 Å². The number of nitrogens with one attached hydrogen (secondary N) is 1. The second-order valence-electron chi connectivity index (χ2n) is 5.67. The first-order valence-corrected chi connectivity index (χ1v) is 9.89. The number of anilines is 1. The zero-order chi connectivity index (χ0) is 19.5. The number of nitrogens with zero attached hydrogens (tertiary/aromatic N) is 1. The van der Waals surface area contributed by atoms with Gasteiger partial charge in [0.15, 0.2) is 0 Å². The molecule has 0 bridgehead atoms. The fourth-order valence-electron chi connectivity index (χ4n) is 2.47. The zero-order valence-electron chi connectivity index (χ0n) is 14.7. The smallest absolute Gasteiger partial charge is 0.255 e. The molecule has 1 N–H and O–H groups in total. The largest absolute Gasteiger partial charge is 0.319 e. The normalized spacial score (nSPS) is 11.6. The van der Waals surface area contributed by atoms with Gasteiger partial charge in [-0.1, -0.05) is 31.5 Å². The van der Waals surface area contributed by atoms with Crippen LogP contribution in [0.3, 0.4) is 0 Å². The van der Waals surface area contributed by atoms with Crippen molar-refractivity contribution < 1.29 is 17.6 Å². The van der Waals surface area contributed by atoms with Crippen molar-refractivity contribution >= 4 is 33.2 Å². The Morgan fingerprint density at radius 3 is 2.42 bits per heavy atom. The Morgan fingerprint density at radius 2 is 1.81 bits per heavy atom. The van der Waals surface area contributed by atoms with E-state index in [4.69, 9.17) is 11.6 Å². The van der Waals surface area contributed by atoms with Gasteiger partial charge in [-0.05, 0) is 42.8 Å². The number of hydrogen-bond donors (Lipinski definition) is 1. The lowest BCUT2D eigenvalue weighted by Gasteiger charge is -2.19. The molecule has 0 spiro atoms. The topological polar surface area (TPSA) is 66.5 Å². The van der Waals surface area contributed by atoms with Gasteiger partial charge in [-0.2, -0.15) is 4.31 Å². The van der Waals surface area contributed by atoms with Crippen molar-refractivity contribution in [3.05, 3.63) is 58.4 Å². The van der Waals surface area contributed by atoms with E-state index in [1.54, 1.807) is 26.8 Å². The van der Waals surface area contributed by atoms with Crippen LogP contribution in [0.1, 0.15) is 29.8 Å². The lowest BCUT2D eigenvalue weighted by atomic mass is 10.2. The van der Waals surface area contributed by atoms with E-state index in [1.807, 2.05) is 0 Å². The molecular formula is C18H20ClFN2O3S. The van der Waals surface area contributed by atoms with Gasteiger partial charge in [0, 0.05) is 18.7 Å². The SMILES string of the molecule is CCN(CC)S(=O)(=O)c1cc(C(=O)Nc2cc(C)ccc2F)ccc1Cl. The average molecular weight is 399 g/mol. The molecular weight excluding hydrogens is 379 g/mol. The number of benzene rings is 2. The van der Waals surface area contributed by atoms with Gasteiger partial charge in [0.1, 0.15) is 10.7 Å². The minimum absolute atomic E-state index is 0.0233. The van der Waals surface area contributed by atoms with Crippen LogP contribution in [0.4, 0.5) is 10.1 Å². The number of aryl methyl sites for hydroxylation is 1. The van der Waals surface area contributed by atoms with Crippen molar-refractivity contribution in [1.82, 2.24) is 4.31 Å². The molecule has 2 aromatic carbocycles. The van der Waals surface area contributed by atoms with E-state index < -0.39 is 21.7 Å². The van der Waals surface area contributed by atoms with Crippen LogP contribution in [0.5, 0.6) is 0 Å². The molecule has 26 heavy (non-hydrogen) atoms. The molecule has 0 saturated carbocycles. The third-order valence-electron chi connectivity index (χ3n) is 3.89. The summed E-state index contributed by atoms with van der Waals surface area (Å²) in [7, 11) is -3.83. The molecule has 8 heteroatoms. The number of sulfonamides is 1. The Balaban J connectivity index is 2.40. The van der Waals surface area contributed by atoms with Gasteiger partial charge in [0.25, 0.3) is 5.91 Å². The minimum Gasteiger partial charge on any atom is -0.319 e. The van der Waals surface area contributed by atoms with Crippen LogP contribution in [0.15, 0.2) is 41.3 Å². The highest BCUT2D eigenvalue weighted by molar-refractivity contribution is 7.89. The Kier molecular flexibility index (Phi) is 6.39. The summed E-state index contributed by atoms with van der Waals surface area (Å²) in [6.07, 6.45) is 0. The summed E-state index contributed by atoms with van der Waals surface area (Å²) in [6, 6.07) is 8.28. The van der Waals surface area contributed by atoms with Crippen molar-refractivity contribution in [2.24, 2.45) is 0 Å². The van der Waals surface area contributed by atoms with Crippen molar-refractivity contribution in [2.75, 3.05) is 18.4 Å². The van der Waals surface area contributed by atoms with Crippen molar-refractivity contribution in [3.8, 4) is 0 Å². The molecule has 0 fully saturated rings. The van der Waals surface area contributed by atoms with E-state index in [1.165, 1.54) is 34.6 Å². The maximum atomic E-state index is 13.8. The Bertz CT molecular complexity index is 928. The predicted molar refractivity (Wildman–Crippen MR) is 101 cm³/mol. The molecule has 0 atom stereocenters. The molecule has 0 heterocycles. The van der Waals surface area contributed by atoms with E-state index in [0.717, 1.165) is 5.56 Å². The van der Waals surface area contributed by atoms with Gasteiger partial charge in [-0.3, -0.25) is 4.79 Å². The lowest BCUT2D eigenvalue weighted by Crippen LogP contribution is -2.31. The number of halogens is 2. The summed E-state index contributed by atoms with van der Waals surface area (Å²) >= 11 is 6.05. The van der Waals surface area contributed by atoms with Gasteiger partial charge in [0.2, 0.25) is 10.0 Å². The average Bonchev–Trinajstić information content (AvgIpc) is 2.59. The molecule has 0 aliphatic rings. The predicted octanol–water partition coefficient (Wildman–Crippen LogP) is 4.07. The highest BCUT2D eigenvalue weighted by atomic mass is 35.5. The minimum atomic E-state index is -3.83. The highest BCUT2D eigenvalue weighted by Crippen LogP contribution is 2.26. The van der Waals surface area contributed by atoms with E-state index in [0.29, 0.717) is 0 Å². The molecule has 0 aliphatic carbocycles. The fourth-order valence-corrected chi connectivity index (χ4v) is 4.43. The summed E-state index contributed by atoms with van der Waals surface area (Å²) in [5, 5.41) is 2.48. The Hall–Kier alpha value is -1.96. The van der Waals surface area contributed by atoms with Crippen molar-refractivity contribution in [1.29, 1.82) is 0 Å². The number of carbonyl (C=O) groups excluding carboxylic acids is 1. The molecule has 2 rings (SSSR count). The summed E-state index contributed by atoms with van der Waals surface area (Å²) in [5.41, 5.74) is 0.877. The summed E-state index contributed by atoms with van der Waals surface area (Å²) < 4.78 is 40.5. The van der Waals surface area contributed by atoms with Gasteiger partial charge in [-0.15, -0.1) is 0 Å². The second kappa shape index (κ2) is 8.16. The van der Waals surface area contributed by atoms with Crippen LogP contribution >= 0.6 is 11.6 Å². The van der Waals surface area contributed by atoms with Crippen LogP contribution in [0.2, 0.25) is 5.02 Å². The van der Waals surface area contributed by atoms with Crippen LogP contribution in [0.25, 0.3) is 0 Å². The van der Waals surface area contributed by atoms with Crippen LogP contribution in [0, 0.1) is 12.7 Å². The van der Waals surface area contributed by atoms with Crippen LogP contribution in [-0.2, 0) is 10.0 Å².